The molecule has 3 aromatic rings. The molecule has 5 heteroatoms. The van der Waals surface area contributed by atoms with Gasteiger partial charge in [-0.2, -0.15) is 0 Å². The van der Waals surface area contributed by atoms with Gasteiger partial charge in [0.05, 0.1) is 12.5 Å². The first-order valence-corrected chi connectivity index (χ1v) is 9.96. The molecule has 0 aliphatic rings. The highest BCUT2D eigenvalue weighted by Crippen LogP contribution is 2.26. The van der Waals surface area contributed by atoms with Gasteiger partial charge in [0, 0.05) is 11.3 Å². The van der Waals surface area contributed by atoms with E-state index in [1.165, 1.54) is 0 Å². The van der Waals surface area contributed by atoms with Crippen molar-refractivity contribution < 1.29 is 14.4 Å². The summed E-state index contributed by atoms with van der Waals surface area (Å²) < 4.78 is 0. The SMILES string of the molecule is CC(C)C(C(=O)Nc1ccc(C(=O)NOCc2ccccc2)cc1)c1ccccc1. The maximum absolute atomic E-state index is 12.8. The molecule has 1 atom stereocenters. The first kappa shape index (κ1) is 21.3. The van der Waals surface area contributed by atoms with E-state index in [4.69, 9.17) is 4.84 Å². The molecule has 5 nitrogen and oxygen atoms in total. The molecule has 0 radical (unpaired) electrons. The van der Waals surface area contributed by atoms with E-state index < -0.39 is 0 Å². The van der Waals surface area contributed by atoms with Crippen molar-refractivity contribution in [2.24, 2.45) is 5.92 Å². The number of carbonyl (C=O) groups excluding carboxylic acids is 2. The van der Waals surface area contributed by atoms with Gasteiger partial charge >= 0.3 is 0 Å². The standard InChI is InChI=1S/C25H26N2O3/c1-18(2)23(20-11-7-4-8-12-20)25(29)26-22-15-13-21(14-16-22)24(28)27-30-17-19-9-5-3-6-10-19/h3-16,18,23H,17H2,1-2H3,(H,26,29)(H,27,28). The van der Waals surface area contributed by atoms with Crippen molar-refractivity contribution in [2.75, 3.05) is 5.32 Å². The Balaban J connectivity index is 1.56. The van der Waals surface area contributed by atoms with Crippen molar-refractivity contribution in [1.82, 2.24) is 5.48 Å². The van der Waals surface area contributed by atoms with Crippen molar-refractivity contribution >= 4 is 17.5 Å². The highest BCUT2D eigenvalue weighted by Gasteiger charge is 2.24. The molecule has 0 aromatic heterocycles. The summed E-state index contributed by atoms with van der Waals surface area (Å²) >= 11 is 0. The second-order valence-electron chi connectivity index (χ2n) is 7.40. The minimum atomic E-state index is -0.340. The summed E-state index contributed by atoms with van der Waals surface area (Å²) in [6, 6.07) is 26.1. The van der Waals surface area contributed by atoms with Crippen LogP contribution in [0, 0.1) is 5.92 Å². The lowest BCUT2D eigenvalue weighted by Crippen LogP contribution is -2.25. The molecule has 0 saturated heterocycles. The maximum Gasteiger partial charge on any atom is 0.274 e. The Morgan fingerprint density at radius 2 is 1.43 bits per heavy atom. The third-order valence-electron chi connectivity index (χ3n) is 4.77. The van der Waals surface area contributed by atoms with E-state index >= 15 is 0 Å². The van der Waals surface area contributed by atoms with Gasteiger partial charge < -0.3 is 5.32 Å². The van der Waals surface area contributed by atoms with E-state index in [1.54, 1.807) is 24.3 Å². The summed E-state index contributed by atoms with van der Waals surface area (Å²) in [6.07, 6.45) is 0. The number of benzene rings is 3. The fourth-order valence-corrected chi connectivity index (χ4v) is 3.24. The summed E-state index contributed by atoms with van der Waals surface area (Å²) in [5, 5.41) is 2.95. The summed E-state index contributed by atoms with van der Waals surface area (Å²) in [7, 11) is 0. The van der Waals surface area contributed by atoms with Gasteiger partial charge in [0.25, 0.3) is 5.91 Å². The molecule has 0 saturated carbocycles. The van der Waals surface area contributed by atoms with Crippen LogP contribution in [-0.2, 0) is 16.2 Å². The van der Waals surface area contributed by atoms with Crippen molar-refractivity contribution in [3.8, 4) is 0 Å². The minimum absolute atomic E-state index is 0.0698. The van der Waals surface area contributed by atoms with Crippen LogP contribution in [0.15, 0.2) is 84.9 Å². The average molecular weight is 402 g/mol. The molecule has 154 valence electrons. The predicted octanol–water partition coefficient (Wildman–Crippen LogP) is 4.93. The molecule has 3 aromatic carbocycles. The molecule has 0 heterocycles. The Kier molecular flexibility index (Phi) is 7.35. The molecule has 2 N–H and O–H groups in total. The number of hydrogen-bond donors (Lipinski definition) is 2. The highest BCUT2D eigenvalue weighted by molar-refractivity contribution is 5.97. The lowest BCUT2D eigenvalue weighted by molar-refractivity contribution is -0.118. The number of carbonyl (C=O) groups is 2. The molecule has 3 rings (SSSR count). The zero-order valence-electron chi connectivity index (χ0n) is 17.2. The van der Waals surface area contributed by atoms with Gasteiger partial charge in [0.15, 0.2) is 0 Å². The molecule has 0 aliphatic carbocycles. The van der Waals surface area contributed by atoms with E-state index in [0.29, 0.717) is 11.3 Å². The minimum Gasteiger partial charge on any atom is -0.326 e. The molecule has 0 spiro atoms. The van der Waals surface area contributed by atoms with Crippen LogP contribution in [0.5, 0.6) is 0 Å². The van der Waals surface area contributed by atoms with Gasteiger partial charge in [0.2, 0.25) is 5.91 Å². The van der Waals surface area contributed by atoms with Gasteiger partial charge in [-0.25, -0.2) is 5.48 Å². The van der Waals surface area contributed by atoms with Crippen LogP contribution in [0.1, 0.15) is 41.3 Å². The summed E-state index contributed by atoms with van der Waals surface area (Å²) in [6.45, 7) is 4.34. The van der Waals surface area contributed by atoms with Gasteiger partial charge in [0.1, 0.15) is 0 Å². The number of anilines is 1. The quantitative estimate of drug-likeness (QED) is 0.525. The molecule has 0 bridgehead atoms. The highest BCUT2D eigenvalue weighted by atomic mass is 16.6. The van der Waals surface area contributed by atoms with E-state index in [0.717, 1.165) is 11.1 Å². The van der Waals surface area contributed by atoms with Crippen molar-refractivity contribution in [3.63, 3.8) is 0 Å². The fourth-order valence-electron chi connectivity index (χ4n) is 3.24. The molecule has 0 aliphatic heterocycles. The Morgan fingerprint density at radius 3 is 2.03 bits per heavy atom. The zero-order chi connectivity index (χ0) is 21.3. The van der Waals surface area contributed by atoms with Crippen LogP contribution in [0.3, 0.4) is 0 Å². The van der Waals surface area contributed by atoms with Gasteiger partial charge in [-0.3, -0.25) is 14.4 Å². The second-order valence-corrected chi connectivity index (χ2v) is 7.40. The zero-order valence-corrected chi connectivity index (χ0v) is 17.2. The third kappa shape index (κ3) is 5.78. The largest absolute Gasteiger partial charge is 0.326 e. The first-order chi connectivity index (χ1) is 14.5. The second kappa shape index (κ2) is 10.4. The van der Waals surface area contributed by atoms with Gasteiger partial charge in [-0.1, -0.05) is 74.5 Å². The molecule has 1 unspecified atom stereocenters. The number of hydrogen-bond acceptors (Lipinski definition) is 3. The van der Waals surface area contributed by atoms with Crippen molar-refractivity contribution in [3.05, 3.63) is 102 Å². The first-order valence-electron chi connectivity index (χ1n) is 9.96. The Hall–Kier alpha value is -3.44. The van der Waals surface area contributed by atoms with E-state index in [2.05, 4.69) is 10.8 Å². The fraction of sp³-hybridized carbons (Fsp3) is 0.200. The van der Waals surface area contributed by atoms with Crippen LogP contribution in [0.2, 0.25) is 0 Å². The number of amides is 2. The molecule has 0 fully saturated rings. The lowest BCUT2D eigenvalue weighted by Gasteiger charge is -2.20. The number of hydroxylamine groups is 1. The molecular weight excluding hydrogens is 376 g/mol. The maximum atomic E-state index is 12.8. The Morgan fingerprint density at radius 1 is 0.833 bits per heavy atom. The average Bonchev–Trinajstić information content (AvgIpc) is 2.75. The summed E-state index contributed by atoms with van der Waals surface area (Å²) in [5.74, 6) is -0.507. The number of nitrogens with one attached hydrogen (secondary N) is 2. The normalized spacial score (nSPS) is 11.7. The Labute approximate surface area is 177 Å². The molecular formula is C25H26N2O3. The molecule has 30 heavy (non-hydrogen) atoms. The number of rotatable bonds is 8. The van der Waals surface area contributed by atoms with E-state index in [1.807, 2.05) is 74.5 Å². The third-order valence-corrected chi connectivity index (χ3v) is 4.77. The van der Waals surface area contributed by atoms with Crippen LogP contribution < -0.4 is 10.8 Å². The predicted molar refractivity (Wildman–Crippen MR) is 118 cm³/mol. The van der Waals surface area contributed by atoms with Crippen LogP contribution in [0.25, 0.3) is 0 Å². The lowest BCUT2D eigenvalue weighted by atomic mass is 9.87. The van der Waals surface area contributed by atoms with E-state index in [-0.39, 0.29) is 30.3 Å². The van der Waals surface area contributed by atoms with Crippen molar-refractivity contribution in [1.29, 1.82) is 0 Å². The summed E-state index contributed by atoms with van der Waals surface area (Å²) in [5.41, 5.74) is 5.48. The Bertz CT molecular complexity index is 955. The smallest absolute Gasteiger partial charge is 0.274 e. The van der Waals surface area contributed by atoms with Crippen LogP contribution in [-0.4, -0.2) is 11.8 Å². The molecule has 2 amide bonds. The monoisotopic (exact) mass is 402 g/mol. The van der Waals surface area contributed by atoms with E-state index in [9.17, 15) is 9.59 Å². The van der Waals surface area contributed by atoms with Gasteiger partial charge in [-0.05, 0) is 41.3 Å². The van der Waals surface area contributed by atoms with Crippen molar-refractivity contribution in [2.45, 2.75) is 26.4 Å². The topological polar surface area (TPSA) is 67.4 Å². The van der Waals surface area contributed by atoms with Crippen LogP contribution in [0.4, 0.5) is 5.69 Å². The summed E-state index contributed by atoms with van der Waals surface area (Å²) in [4.78, 5) is 30.3. The van der Waals surface area contributed by atoms with Gasteiger partial charge in [-0.15, -0.1) is 0 Å². The van der Waals surface area contributed by atoms with Crippen LogP contribution >= 0.6 is 0 Å².